The summed E-state index contributed by atoms with van der Waals surface area (Å²) < 4.78 is 5.23. The topological polar surface area (TPSA) is 49.8 Å². The standard InChI is InChI=1S/C19H25NO3/c1-20(18(21)13-4-3-5-16(8-13)23-2)17-14-6-12-7-15(17)11-19(22,9-12)10-14/h3-5,8,12,14-15,17,22H,6-7,9-11H2,1-2H3. The molecule has 5 rings (SSSR count). The Morgan fingerprint density at radius 1 is 1.26 bits per heavy atom. The number of amides is 1. The maximum atomic E-state index is 12.9. The van der Waals surface area contributed by atoms with Crippen LogP contribution >= 0.6 is 0 Å². The Kier molecular flexibility index (Phi) is 3.41. The predicted octanol–water partition coefficient (Wildman–Crippen LogP) is 2.71. The largest absolute Gasteiger partial charge is 0.497 e. The molecule has 4 aliphatic rings. The quantitative estimate of drug-likeness (QED) is 0.933. The first-order chi connectivity index (χ1) is 11.0. The molecule has 1 N–H and O–H groups in total. The second-order valence-electron chi connectivity index (χ2n) is 7.83. The third-order valence-electron chi connectivity index (χ3n) is 6.28. The van der Waals surface area contributed by atoms with Gasteiger partial charge in [-0.25, -0.2) is 0 Å². The zero-order valence-corrected chi connectivity index (χ0v) is 13.9. The van der Waals surface area contributed by atoms with Crippen molar-refractivity contribution in [2.75, 3.05) is 14.2 Å². The normalized spacial score (nSPS) is 37.7. The van der Waals surface area contributed by atoms with Crippen LogP contribution in [-0.4, -0.2) is 41.7 Å². The van der Waals surface area contributed by atoms with Crippen molar-refractivity contribution in [1.82, 2.24) is 4.90 Å². The van der Waals surface area contributed by atoms with Crippen molar-refractivity contribution in [3.8, 4) is 5.75 Å². The molecular formula is C19H25NO3. The molecule has 4 heteroatoms. The highest BCUT2D eigenvalue weighted by atomic mass is 16.5. The van der Waals surface area contributed by atoms with Gasteiger partial charge in [-0.3, -0.25) is 4.79 Å². The lowest BCUT2D eigenvalue weighted by molar-refractivity contribution is -0.152. The maximum Gasteiger partial charge on any atom is 0.253 e. The number of carbonyl (C=O) groups excluding carboxylic acids is 1. The molecule has 1 aromatic carbocycles. The van der Waals surface area contributed by atoms with Crippen LogP contribution in [0.15, 0.2) is 24.3 Å². The van der Waals surface area contributed by atoms with Crippen LogP contribution in [-0.2, 0) is 0 Å². The Hall–Kier alpha value is -1.55. The molecule has 4 nitrogen and oxygen atoms in total. The molecule has 0 saturated heterocycles. The van der Waals surface area contributed by atoms with Gasteiger partial charge >= 0.3 is 0 Å². The van der Waals surface area contributed by atoms with Crippen LogP contribution in [0.4, 0.5) is 0 Å². The van der Waals surface area contributed by atoms with Gasteiger partial charge in [-0.2, -0.15) is 0 Å². The Morgan fingerprint density at radius 3 is 2.57 bits per heavy atom. The molecule has 0 heterocycles. The van der Waals surface area contributed by atoms with E-state index in [0.29, 0.717) is 29.1 Å². The summed E-state index contributed by atoms with van der Waals surface area (Å²) >= 11 is 0. The minimum absolute atomic E-state index is 0.0633. The molecule has 1 amide bonds. The van der Waals surface area contributed by atoms with Crippen LogP contribution in [0.1, 0.15) is 42.5 Å². The van der Waals surface area contributed by atoms with E-state index >= 15 is 0 Å². The van der Waals surface area contributed by atoms with E-state index < -0.39 is 5.60 Å². The van der Waals surface area contributed by atoms with Gasteiger partial charge in [0.1, 0.15) is 5.75 Å². The van der Waals surface area contributed by atoms with Crippen molar-refractivity contribution in [1.29, 1.82) is 0 Å². The van der Waals surface area contributed by atoms with E-state index in [2.05, 4.69) is 0 Å². The van der Waals surface area contributed by atoms with Crippen molar-refractivity contribution in [2.45, 2.75) is 43.7 Å². The van der Waals surface area contributed by atoms with Crippen LogP contribution in [0.2, 0.25) is 0 Å². The molecular weight excluding hydrogens is 290 g/mol. The fourth-order valence-corrected chi connectivity index (χ4v) is 5.68. The second-order valence-corrected chi connectivity index (χ2v) is 7.83. The Balaban J connectivity index is 1.57. The monoisotopic (exact) mass is 315 g/mol. The third kappa shape index (κ3) is 2.44. The van der Waals surface area contributed by atoms with Crippen LogP contribution in [0.5, 0.6) is 5.75 Å². The second kappa shape index (κ2) is 5.23. The summed E-state index contributed by atoms with van der Waals surface area (Å²) in [4.78, 5) is 14.9. The third-order valence-corrected chi connectivity index (χ3v) is 6.28. The first kappa shape index (κ1) is 15.0. The van der Waals surface area contributed by atoms with E-state index in [-0.39, 0.29) is 11.9 Å². The Morgan fingerprint density at radius 2 is 1.96 bits per heavy atom. The minimum atomic E-state index is -0.452. The molecule has 1 aromatic rings. The fourth-order valence-electron chi connectivity index (χ4n) is 5.68. The molecule has 4 saturated carbocycles. The number of nitrogens with zero attached hydrogens (tertiary/aromatic N) is 1. The number of carbonyl (C=O) groups is 1. The SMILES string of the molecule is COc1cccc(C(=O)N(C)C2C3CC4CC2CC(O)(C4)C3)c1. The van der Waals surface area contributed by atoms with E-state index in [4.69, 9.17) is 4.74 Å². The van der Waals surface area contributed by atoms with Gasteiger partial charge in [0.2, 0.25) is 0 Å². The van der Waals surface area contributed by atoms with E-state index in [1.807, 2.05) is 36.2 Å². The van der Waals surface area contributed by atoms with Crippen LogP contribution in [0.25, 0.3) is 0 Å². The van der Waals surface area contributed by atoms with Gasteiger partial charge in [-0.1, -0.05) is 6.07 Å². The first-order valence-electron chi connectivity index (χ1n) is 8.63. The summed E-state index contributed by atoms with van der Waals surface area (Å²) in [5.74, 6) is 2.34. The first-order valence-corrected chi connectivity index (χ1v) is 8.63. The highest BCUT2D eigenvalue weighted by Gasteiger charge is 2.56. The van der Waals surface area contributed by atoms with Gasteiger partial charge < -0.3 is 14.7 Å². The molecule has 0 spiro atoms. The highest BCUT2D eigenvalue weighted by molar-refractivity contribution is 5.94. The molecule has 4 bridgehead atoms. The zero-order chi connectivity index (χ0) is 16.2. The van der Waals surface area contributed by atoms with Gasteiger partial charge in [-0.15, -0.1) is 0 Å². The van der Waals surface area contributed by atoms with Gasteiger partial charge in [0.25, 0.3) is 5.91 Å². The van der Waals surface area contributed by atoms with Gasteiger partial charge in [0.05, 0.1) is 12.7 Å². The Bertz CT molecular complexity index is 613. The van der Waals surface area contributed by atoms with Crippen molar-refractivity contribution in [3.63, 3.8) is 0 Å². The minimum Gasteiger partial charge on any atom is -0.497 e. The lowest BCUT2D eigenvalue weighted by Crippen LogP contribution is -2.61. The summed E-state index contributed by atoms with van der Waals surface area (Å²) in [6, 6.07) is 7.65. The van der Waals surface area contributed by atoms with Crippen molar-refractivity contribution in [2.24, 2.45) is 17.8 Å². The molecule has 2 unspecified atom stereocenters. The lowest BCUT2D eigenvalue weighted by Gasteiger charge is -2.59. The molecule has 2 atom stereocenters. The van der Waals surface area contributed by atoms with E-state index in [9.17, 15) is 9.90 Å². The molecule has 124 valence electrons. The van der Waals surface area contributed by atoms with Crippen molar-refractivity contribution >= 4 is 5.91 Å². The average Bonchev–Trinajstić information content (AvgIpc) is 2.52. The highest BCUT2D eigenvalue weighted by Crippen LogP contribution is 2.56. The number of hydrogen-bond acceptors (Lipinski definition) is 3. The van der Waals surface area contributed by atoms with E-state index in [0.717, 1.165) is 19.3 Å². The number of aliphatic hydroxyl groups is 1. The van der Waals surface area contributed by atoms with Crippen LogP contribution < -0.4 is 4.74 Å². The molecule has 0 radical (unpaired) electrons. The molecule has 4 fully saturated rings. The van der Waals surface area contributed by atoms with Gasteiger partial charge in [-0.05, 0) is 68.1 Å². The smallest absolute Gasteiger partial charge is 0.253 e. The summed E-state index contributed by atoms with van der Waals surface area (Å²) in [7, 11) is 3.55. The molecule has 4 aliphatic carbocycles. The summed E-state index contributed by atoms with van der Waals surface area (Å²) in [6.07, 6.45) is 5.03. The van der Waals surface area contributed by atoms with Crippen LogP contribution in [0.3, 0.4) is 0 Å². The van der Waals surface area contributed by atoms with E-state index in [1.54, 1.807) is 7.11 Å². The maximum absolute atomic E-state index is 12.9. The zero-order valence-electron chi connectivity index (χ0n) is 13.9. The Labute approximate surface area is 137 Å². The average molecular weight is 315 g/mol. The predicted molar refractivity (Wildman–Crippen MR) is 87.4 cm³/mol. The molecule has 0 aromatic heterocycles. The number of ether oxygens (including phenoxy) is 1. The number of hydrogen-bond donors (Lipinski definition) is 1. The summed E-state index contributed by atoms with van der Waals surface area (Å²) in [5.41, 5.74) is 0.228. The van der Waals surface area contributed by atoms with Crippen molar-refractivity contribution in [3.05, 3.63) is 29.8 Å². The number of methoxy groups -OCH3 is 1. The van der Waals surface area contributed by atoms with Gasteiger partial charge in [0.15, 0.2) is 0 Å². The number of benzene rings is 1. The lowest BCUT2D eigenvalue weighted by atomic mass is 9.52. The molecule has 0 aliphatic heterocycles. The summed E-state index contributed by atoms with van der Waals surface area (Å²) in [6.45, 7) is 0. The van der Waals surface area contributed by atoms with Crippen LogP contribution in [0, 0.1) is 17.8 Å². The van der Waals surface area contributed by atoms with Crippen molar-refractivity contribution < 1.29 is 14.6 Å². The summed E-state index contributed by atoms with van der Waals surface area (Å²) in [5, 5.41) is 10.7. The van der Waals surface area contributed by atoms with Gasteiger partial charge in [0, 0.05) is 18.7 Å². The van der Waals surface area contributed by atoms with E-state index in [1.165, 1.54) is 12.8 Å². The number of rotatable bonds is 3. The fraction of sp³-hybridized carbons (Fsp3) is 0.632. The molecule has 23 heavy (non-hydrogen) atoms.